The zero-order valence-electron chi connectivity index (χ0n) is 10.0. The Labute approximate surface area is 92.0 Å². The molecule has 0 unspecified atom stereocenters. The Morgan fingerprint density at radius 2 is 2.13 bits per heavy atom. The Hall–Kier alpha value is -0.610. The van der Waals surface area contributed by atoms with Crippen molar-refractivity contribution in [2.45, 2.75) is 33.1 Å². The third-order valence-electron chi connectivity index (χ3n) is 2.35. The van der Waals surface area contributed by atoms with Crippen LogP contribution >= 0.6 is 0 Å². The molecule has 0 radical (unpaired) electrons. The molecule has 90 valence electrons. The molecule has 0 amide bonds. The third kappa shape index (κ3) is 8.39. The number of rotatable bonds is 8. The van der Waals surface area contributed by atoms with E-state index in [4.69, 9.17) is 5.11 Å². The van der Waals surface area contributed by atoms with Crippen LogP contribution in [0.5, 0.6) is 0 Å². The van der Waals surface area contributed by atoms with Crippen LogP contribution in [0.3, 0.4) is 0 Å². The second kappa shape index (κ2) is 7.65. The Morgan fingerprint density at radius 1 is 1.47 bits per heavy atom. The van der Waals surface area contributed by atoms with E-state index >= 15 is 0 Å². The van der Waals surface area contributed by atoms with E-state index in [1.54, 1.807) is 0 Å². The quantitative estimate of drug-likeness (QED) is 0.469. The first-order chi connectivity index (χ1) is 7.02. The maximum atomic E-state index is 10.8. The highest BCUT2D eigenvalue weighted by atomic mass is 16.5. The van der Waals surface area contributed by atoms with E-state index in [9.17, 15) is 4.79 Å². The number of aliphatic hydroxyl groups excluding tert-OH is 1. The fraction of sp³-hybridized carbons (Fsp3) is 0.909. The van der Waals surface area contributed by atoms with Gasteiger partial charge in [0.05, 0.1) is 13.5 Å². The normalized spacial score (nSPS) is 11.5. The van der Waals surface area contributed by atoms with E-state index in [0.29, 0.717) is 13.0 Å². The molecule has 0 saturated heterocycles. The molecule has 0 aromatic heterocycles. The number of nitrogens with one attached hydrogen (secondary N) is 1. The zero-order chi connectivity index (χ0) is 11.7. The standard InChI is InChI=1S/C11H23NO3/c1-11(2,6-4-8-13)9-12-7-5-10(14)15-3/h12-13H,4-9H2,1-3H3. The van der Waals surface area contributed by atoms with E-state index in [-0.39, 0.29) is 18.0 Å². The first-order valence-electron chi connectivity index (χ1n) is 5.40. The van der Waals surface area contributed by atoms with Crippen LogP contribution in [0, 0.1) is 5.41 Å². The maximum Gasteiger partial charge on any atom is 0.306 e. The van der Waals surface area contributed by atoms with Gasteiger partial charge in [-0.15, -0.1) is 0 Å². The van der Waals surface area contributed by atoms with E-state index < -0.39 is 0 Å². The first-order valence-corrected chi connectivity index (χ1v) is 5.40. The molecule has 4 heteroatoms. The smallest absolute Gasteiger partial charge is 0.306 e. The lowest BCUT2D eigenvalue weighted by atomic mass is 9.88. The van der Waals surface area contributed by atoms with Gasteiger partial charge in [-0.25, -0.2) is 0 Å². The van der Waals surface area contributed by atoms with Crippen molar-refractivity contribution >= 4 is 5.97 Å². The lowest BCUT2D eigenvalue weighted by Crippen LogP contribution is -2.31. The molecule has 0 aliphatic heterocycles. The van der Waals surface area contributed by atoms with Gasteiger partial charge in [0.1, 0.15) is 0 Å². The van der Waals surface area contributed by atoms with Crippen LogP contribution in [0.25, 0.3) is 0 Å². The topological polar surface area (TPSA) is 58.6 Å². The lowest BCUT2D eigenvalue weighted by molar-refractivity contribution is -0.140. The minimum atomic E-state index is -0.185. The Bertz CT molecular complexity index is 181. The second-order valence-electron chi connectivity index (χ2n) is 4.49. The highest BCUT2D eigenvalue weighted by molar-refractivity contribution is 5.69. The van der Waals surface area contributed by atoms with Gasteiger partial charge in [0.15, 0.2) is 0 Å². The van der Waals surface area contributed by atoms with E-state index in [1.165, 1.54) is 7.11 Å². The number of carbonyl (C=O) groups is 1. The van der Waals surface area contributed by atoms with Crippen LogP contribution in [0.4, 0.5) is 0 Å². The van der Waals surface area contributed by atoms with Crippen LogP contribution in [-0.2, 0) is 9.53 Å². The van der Waals surface area contributed by atoms with Gasteiger partial charge in [-0.1, -0.05) is 13.8 Å². The SMILES string of the molecule is COC(=O)CCNCC(C)(C)CCCO. The molecule has 0 aromatic rings. The largest absolute Gasteiger partial charge is 0.469 e. The summed E-state index contributed by atoms with van der Waals surface area (Å²) >= 11 is 0. The predicted molar refractivity (Wildman–Crippen MR) is 59.6 cm³/mol. The van der Waals surface area contributed by atoms with Crippen molar-refractivity contribution in [3.8, 4) is 0 Å². The van der Waals surface area contributed by atoms with Gasteiger partial charge in [0.25, 0.3) is 0 Å². The van der Waals surface area contributed by atoms with Gasteiger partial charge in [-0.05, 0) is 18.3 Å². The van der Waals surface area contributed by atoms with Crippen molar-refractivity contribution in [3.05, 3.63) is 0 Å². The molecule has 0 saturated carbocycles. The van der Waals surface area contributed by atoms with Gasteiger partial charge >= 0.3 is 5.97 Å². The molecule has 0 bridgehead atoms. The molecule has 0 spiro atoms. The van der Waals surface area contributed by atoms with Crippen LogP contribution < -0.4 is 5.32 Å². The van der Waals surface area contributed by atoms with Crippen molar-refractivity contribution in [2.24, 2.45) is 5.41 Å². The number of hydrogen-bond acceptors (Lipinski definition) is 4. The minimum Gasteiger partial charge on any atom is -0.469 e. The predicted octanol–water partition coefficient (Wildman–Crippen LogP) is 0.938. The molecule has 15 heavy (non-hydrogen) atoms. The summed E-state index contributed by atoms with van der Waals surface area (Å²) in [6.45, 7) is 6.03. The number of carbonyl (C=O) groups excluding carboxylic acids is 1. The summed E-state index contributed by atoms with van der Waals surface area (Å²) < 4.78 is 4.54. The number of hydrogen-bond donors (Lipinski definition) is 2. The molecule has 4 nitrogen and oxygen atoms in total. The summed E-state index contributed by atoms with van der Waals surface area (Å²) in [4.78, 5) is 10.8. The lowest BCUT2D eigenvalue weighted by Gasteiger charge is -2.24. The zero-order valence-corrected chi connectivity index (χ0v) is 10.0. The van der Waals surface area contributed by atoms with E-state index in [1.807, 2.05) is 0 Å². The van der Waals surface area contributed by atoms with Crippen molar-refractivity contribution < 1.29 is 14.6 Å². The molecular weight excluding hydrogens is 194 g/mol. The molecule has 2 N–H and O–H groups in total. The van der Waals surface area contributed by atoms with Crippen LogP contribution in [-0.4, -0.2) is 37.9 Å². The van der Waals surface area contributed by atoms with Crippen molar-refractivity contribution in [2.75, 3.05) is 26.8 Å². The molecule has 0 atom stereocenters. The van der Waals surface area contributed by atoms with E-state index in [0.717, 1.165) is 19.4 Å². The van der Waals surface area contributed by atoms with Crippen molar-refractivity contribution in [1.29, 1.82) is 0 Å². The fourth-order valence-electron chi connectivity index (χ4n) is 1.37. The fourth-order valence-corrected chi connectivity index (χ4v) is 1.37. The second-order valence-corrected chi connectivity index (χ2v) is 4.49. The highest BCUT2D eigenvalue weighted by Gasteiger charge is 2.16. The van der Waals surface area contributed by atoms with Crippen LogP contribution in [0.15, 0.2) is 0 Å². The molecule has 0 fully saturated rings. The van der Waals surface area contributed by atoms with Gasteiger partial charge in [-0.3, -0.25) is 4.79 Å². The summed E-state index contributed by atoms with van der Waals surface area (Å²) in [5.41, 5.74) is 0.166. The number of ether oxygens (including phenoxy) is 1. The molecule has 0 rings (SSSR count). The van der Waals surface area contributed by atoms with Crippen molar-refractivity contribution in [3.63, 3.8) is 0 Å². The summed E-state index contributed by atoms with van der Waals surface area (Å²) in [6, 6.07) is 0. The summed E-state index contributed by atoms with van der Waals surface area (Å²) in [5.74, 6) is -0.185. The number of esters is 1. The minimum absolute atomic E-state index is 0.166. The molecule has 0 aromatic carbocycles. The number of aliphatic hydroxyl groups is 1. The monoisotopic (exact) mass is 217 g/mol. The maximum absolute atomic E-state index is 10.8. The number of methoxy groups -OCH3 is 1. The van der Waals surface area contributed by atoms with Gasteiger partial charge in [0, 0.05) is 19.7 Å². The third-order valence-corrected chi connectivity index (χ3v) is 2.35. The Kier molecular flexibility index (Phi) is 7.34. The molecule has 0 heterocycles. The average Bonchev–Trinajstić information content (AvgIpc) is 2.21. The van der Waals surface area contributed by atoms with E-state index in [2.05, 4.69) is 23.9 Å². The van der Waals surface area contributed by atoms with Gasteiger partial charge < -0.3 is 15.2 Å². The average molecular weight is 217 g/mol. The van der Waals surface area contributed by atoms with Gasteiger partial charge in [-0.2, -0.15) is 0 Å². The molecule has 0 aliphatic rings. The Morgan fingerprint density at radius 3 is 2.67 bits per heavy atom. The summed E-state index contributed by atoms with van der Waals surface area (Å²) in [5, 5.41) is 11.9. The molecular formula is C11H23NO3. The van der Waals surface area contributed by atoms with Crippen LogP contribution in [0.1, 0.15) is 33.1 Å². The van der Waals surface area contributed by atoms with Gasteiger partial charge in [0.2, 0.25) is 0 Å². The highest BCUT2D eigenvalue weighted by Crippen LogP contribution is 2.20. The van der Waals surface area contributed by atoms with Crippen LogP contribution in [0.2, 0.25) is 0 Å². The van der Waals surface area contributed by atoms with Crippen molar-refractivity contribution in [1.82, 2.24) is 5.32 Å². The first kappa shape index (κ1) is 14.4. The summed E-state index contributed by atoms with van der Waals surface area (Å²) in [6.07, 6.45) is 2.22. The Balaban J connectivity index is 3.52. The summed E-state index contributed by atoms with van der Waals surface area (Å²) in [7, 11) is 1.40. The molecule has 0 aliphatic carbocycles.